The molecule has 11 nitrogen and oxygen atoms in total. The predicted octanol–water partition coefficient (Wildman–Crippen LogP) is 3.20. The molecule has 1 aliphatic rings. The maximum absolute atomic E-state index is 12.8. The normalized spacial score (nSPS) is 18.3. The van der Waals surface area contributed by atoms with Crippen LogP contribution < -0.4 is 10.2 Å². The summed E-state index contributed by atoms with van der Waals surface area (Å²) in [6, 6.07) is -0.256. The summed E-state index contributed by atoms with van der Waals surface area (Å²) in [5.41, 5.74) is 1.35. The van der Waals surface area contributed by atoms with Gasteiger partial charge in [-0.1, -0.05) is 22.9 Å². The number of carbonyl (C=O) groups is 2. The number of H-pyrrole nitrogens is 1. The van der Waals surface area contributed by atoms with Crippen LogP contribution in [0.1, 0.15) is 39.2 Å². The van der Waals surface area contributed by atoms with Gasteiger partial charge in [-0.3, -0.25) is 4.79 Å². The third-order valence-corrected chi connectivity index (χ3v) is 8.37. The van der Waals surface area contributed by atoms with E-state index in [0.717, 1.165) is 17.0 Å². The first-order valence-corrected chi connectivity index (χ1v) is 12.5. The van der Waals surface area contributed by atoms with Crippen molar-refractivity contribution in [3.63, 3.8) is 0 Å². The number of thiazole rings is 1. The minimum absolute atomic E-state index is 0.101. The van der Waals surface area contributed by atoms with Gasteiger partial charge in [0.2, 0.25) is 0 Å². The minimum atomic E-state index is -1.07. The molecule has 3 aromatic rings. The summed E-state index contributed by atoms with van der Waals surface area (Å²) in [6.45, 7) is 5.24. The maximum atomic E-state index is 12.8. The largest absolute Gasteiger partial charge is 0.477 e. The Balaban J connectivity index is 1.53. The van der Waals surface area contributed by atoms with E-state index < -0.39 is 5.97 Å². The molecule has 34 heavy (non-hydrogen) atoms. The fourth-order valence-corrected chi connectivity index (χ4v) is 5.39. The van der Waals surface area contributed by atoms with Crippen molar-refractivity contribution in [1.29, 1.82) is 0 Å². The summed E-state index contributed by atoms with van der Waals surface area (Å²) in [5.74, 6) is -0.973. The van der Waals surface area contributed by atoms with E-state index in [0.29, 0.717) is 57.9 Å². The lowest BCUT2D eigenvalue weighted by Crippen LogP contribution is -2.55. The molecule has 3 N–H and O–H groups in total. The molecule has 0 bridgehead atoms. The number of ether oxygens (including phenoxy) is 1. The van der Waals surface area contributed by atoms with Crippen LogP contribution in [0, 0.1) is 6.92 Å². The lowest BCUT2D eigenvalue weighted by atomic mass is 10.0. The Morgan fingerprint density at radius 1 is 1.47 bits per heavy atom. The van der Waals surface area contributed by atoms with Gasteiger partial charge in [-0.2, -0.15) is 5.10 Å². The van der Waals surface area contributed by atoms with Gasteiger partial charge in [0.1, 0.15) is 22.6 Å². The Morgan fingerprint density at radius 2 is 2.24 bits per heavy atom. The van der Waals surface area contributed by atoms with Crippen LogP contribution in [0.25, 0.3) is 11.5 Å². The number of carboxylic acid groups (broad SMARTS) is 1. The Morgan fingerprint density at radius 3 is 2.85 bits per heavy atom. The molecule has 0 radical (unpaired) electrons. The third-order valence-electron chi connectivity index (χ3n) is 5.67. The second-order valence-electron chi connectivity index (χ2n) is 7.72. The molecule has 2 atom stereocenters. The number of rotatable bonds is 7. The number of amides is 1. The highest BCUT2D eigenvalue weighted by molar-refractivity contribution is 9.10. The number of nitrogens with one attached hydrogen (secondary N) is 2. The smallest absolute Gasteiger partial charge is 0.348 e. The molecule has 3 aromatic heterocycles. The second kappa shape index (κ2) is 10.0. The van der Waals surface area contributed by atoms with Crippen LogP contribution in [-0.2, 0) is 11.3 Å². The Bertz CT molecular complexity index is 1230. The van der Waals surface area contributed by atoms with Gasteiger partial charge < -0.3 is 25.0 Å². The zero-order valence-electron chi connectivity index (χ0n) is 18.6. The molecule has 0 aliphatic carbocycles. The van der Waals surface area contributed by atoms with Gasteiger partial charge in [0.15, 0.2) is 11.0 Å². The van der Waals surface area contributed by atoms with Gasteiger partial charge in [0.25, 0.3) is 5.91 Å². The number of nitrogens with zero attached hydrogens (tertiary/aromatic N) is 5. The van der Waals surface area contributed by atoms with Crippen molar-refractivity contribution in [3.8, 4) is 11.5 Å². The summed E-state index contributed by atoms with van der Waals surface area (Å²) in [7, 11) is 1.58. The van der Waals surface area contributed by atoms with Crippen molar-refractivity contribution < 1.29 is 19.4 Å². The first-order valence-electron chi connectivity index (χ1n) is 10.5. The number of anilines is 1. The van der Waals surface area contributed by atoms with E-state index >= 15 is 0 Å². The minimum Gasteiger partial charge on any atom is -0.477 e. The van der Waals surface area contributed by atoms with Crippen LogP contribution in [0.4, 0.5) is 5.13 Å². The average Bonchev–Trinajstić information content (AvgIpc) is 3.53. The van der Waals surface area contributed by atoms with Crippen molar-refractivity contribution in [2.75, 3.05) is 25.1 Å². The molecule has 0 saturated carbocycles. The number of aryl methyl sites for hydroxylation is 2. The average molecular weight is 573 g/mol. The quantitative estimate of drug-likeness (QED) is 0.392. The van der Waals surface area contributed by atoms with Gasteiger partial charge >= 0.3 is 5.97 Å². The van der Waals surface area contributed by atoms with Crippen molar-refractivity contribution in [2.24, 2.45) is 0 Å². The van der Waals surface area contributed by atoms with Crippen molar-refractivity contribution in [1.82, 2.24) is 30.0 Å². The molecule has 4 rings (SSSR count). The van der Waals surface area contributed by atoms with Crippen LogP contribution in [0.3, 0.4) is 0 Å². The zero-order chi connectivity index (χ0) is 24.6. The third kappa shape index (κ3) is 4.57. The van der Waals surface area contributed by atoms with E-state index in [1.165, 1.54) is 6.33 Å². The highest BCUT2D eigenvalue weighted by Crippen LogP contribution is 2.34. The monoisotopic (exact) mass is 571 g/mol. The Hall–Kier alpha value is -2.48. The SMILES string of the molecule is CCn1ncnc1-c1nc(N2CCC(NC(=O)c3[nH]c(C)c(Br)c3Cl)C(OC)C2)sc1C(=O)O. The highest BCUT2D eigenvalue weighted by atomic mass is 79.9. The van der Waals surface area contributed by atoms with Gasteiger partial charge in [0.05, 0.1) is 21.6 Å². The van der Waals surface area contributed by atoms with Crippen molar-refractivity contribution in [3.05, 3.63) is 32.1 Å². The number of aromatic amines is 1. The lowest BCUT2D eigenvalue weighted by molar-refractivity contribution is 0.0540. The molecule has 0 spiro atoms. The number of carboxylic acids is 1. The molecule has 1 aliphatic heterocycles. The number of hydrogen-bond donors (Lipinski definition) is 3. The van der Waals surface area contributed by atoms with Crippen LogP contribution in [0.5, 0.6) is 0 Å². The topological polar surface area (TPSA) is 138 Å². The molecular formula is C20H23BrClN7O4S. The zero-order valence-corrected chi connectivity index (χ0v) is 21.8. The van der Waals surface area contributed by atoms with Crippen molar-refractivity contribution >= 4 is 55.9 Å². The Labute approximate surface area is 212 Å². The fraction of sp³-hybridized carbons (Fsp3) is 0.450. The van der Waals surface area contributed by atoms with Crippen molar-refractivity contribution in [2.45, 2.75) is 39.0 Å². The van der Waals surface area contributed by atoms with E-state index in [4.69, 9.17) is 16.3 Å². The van der Waals surface area contributed by atoms with Crippen LogP contribution >= 0.6 is 38.9 Å². The van der Waals surface area contributed by atoms with Crippen LogP contribution in [0.2, 0.25) is 5.02 Å². The summed E-state index contributed by atoms with van der Waals surface area (Å²) in [4.78, 5) is 38.6. The first kappa shape index (κ1) is 24.6. The number of halogens is 2. The molecule has 4 heterocycles. The predicted molar refractivity (Wildman–Crippen MR) is 131 cm³/mol. The van der Waals surface area contributed by atoms with E-state index in [1.54, 1.807) is 11.8 Å². The van der Waals surface area contributed by atoms with E-state index in [1.807, 2.05) is 18.7 Å². The number of carbonyl (C=O) groups excluding carboxylic acids is 1. The van der Waals surface area contributed by atoms with Crippen LogP contribution in [-0.4, -0.2) is 74.1 Å². The van der Waals surface area contributed by atoms with E-state index in [2.05, 4.69) is 41.3 Å². The van der Waals surface area contributed by atoms with Gasteiger partial charge in [-0.15, -0.1) is 0 Å². The molecule has 1 fully saturated rings. The number of methoxy groups -OCH3 is 1. The molecule has 0 aromatic carbocycles. The van der Waals surface area contributed by atoms with Gasteiger partial charge in [-0.25, -0.2) is 19.4 Å². The lowest BCUT2D eigenvalue weighted by Gasteiger charge is -2.37. The summed E-state index contributed by atoms with van der Waals surface area (Å²) >= 11 is 10.7. The molecule has 2 unspecified atom stereocenters. The highest BCUT2D eigenvalue weighted by Gasteiger charge is 2.34. The van der Waals surface area contributed by atoms with Crippen LogP contribution in [0.15, 0.2) is 10.8 Å². The second-order valence-corrected chi connectivity index (χ2v) is 9.87. The Kier molecular flexibility index (Phi) is 7.26. The molecule has 182 valence electrons. The number of hydrogen-bond acceptors (Lipinski definition) is 8. The summed E-state index contributed by atoms with van der Waals surface area (Å²) < 4.78 is 7.94. The molecular weight excluding hydrogens is 550 g/mol. The molecule has 1 amide bonds. The van der Waals surface area contributed by atoms with Gasteiger partial charge in [0, 0.05) is 32.4 Å². The first-order chi connectivity index (χ1) is 16.2. The number of piperidine rings is 1. The fourth-order valence-electron chi connectivity index (χ4n) is 3.88. The summed E-state index contributed by atoms with van der Waals surface area (Å²) in [6.07, 6.45) is 1.62. The maximum Gasteiger partial charge on any atom is 0.348 e. The number of aromatic carboxylic acids is 1. The summed E-state index contributed by atoms with van der Waals surface area (Å²) in [5, 5.41) is 17.7. The van der Waals surface area contributed by atoms with E-state index in [9.17, 15) is 14.7 Å². The van der Waals surface area contributed by atoms with Gasteiger partial charge in [-0.05, 0) is 36.2 Å². The molecule has 1 saturated heterocycles. The standard InChI is InChI=1S/C20H23BrClN7O4S/c1-4-29-17(23-8-24-29)15-16(19(31)32)34-20(27-15)28-6-5-10(11(7-28)33-3)26-18(30)14-13(22)12(21)9(2)25-14/h8,10-11,25H,4-7H2,1-3H3,(H,26,30)(H,31,32). The number of aromatic nitrogens is 5. The molecule has 14 heteroatoms. The van der Waals surface area contributed by atoms with E-state index in [-0.39, 0.29) is 22.9 Å².